The maximum atomic E-state index is 12.9. The highest BCUT2D eigenvalue weighted by Gasteiger charge is 2.51. The van der Waals surface area contributed by atoms with E-state index in [1.807, 2.05) is 0 Å². The quantitative estimate of drug-likeness (QED) is 0.239. The maximum absolute atomic E-state index is 12.9. The van der Waals surface area contributed by atoms with Gasteiger partial charge in [-0.1, -0.05) is 70.7 Å². The highest BCUT2D eigenvalue weighted by Crippen LogP contribution is 2.51. The van der Waals surface area contributed by atoms with Crippen molar-refractivity contribution < 1.29 is 23.2 Å². The molecule has 10 heteroatoms. The van der Waals surface area contributed by atoms with Crippen LogP contribution in [-0.2, 0) is 14.9 Å². The van der Waals surface area contributed by atoms with Gasteiger partial charge in [0, 0.05) is 22.2 Å². The van der Waals surface area contributed by atoms with Gasteiger partial charge in [0.2, 0.25) is 0 Å². The lowest BCUT2D eigenvalue weighted by molar-refractivity contribution is 0.434. The summed E-state index contributed by atoms with van der Waals surface area (Å²) in [5.41, 5.74) is -0.535. The van der Waals surface area contributed by atoms with E-state index >= 15 is 0 Å². The van der Waals surface area contributed by atoms with Gasteiger partial charge < -0.3 is 10.2 Å². The molecule has 1 unspecified atom stereocenters. The lowest BCUT2D eigenvalue weighted by atomic mass is 9.83. The third kappa shape index (κ3) is 3.65. The predicted octanol–water partition coefficient (Wildman–Crippen LogP) is 5.89. The van der Waals surface area contributed by atoms with E-state index in [1.54, 1.807) is 0 Å². The maximum Gasteiger partial charge on any atom is 0.283 e. The van der Waals surface area contributed by atoms with Crippen LogP contribution in [0.3, 0.4) is 0 Å². The van der Waals surface area contributed by atoms with Gasteiger partial charge in [-0.25, -0.2) is 0 Å². The molecule has 3 aromatic carbocycles. The molecule has 0 aliphatic heterocycles. The summed E-state index contributed by atoms with van der Waals surface area (Å²) in [6.45, 7) is 0. The number of benzene rings is 3. The predicted molar refractivity (Wildman–Crippen MR) is 114 cm³/mol. The molecule has 3 N–H and O–H groups in total. The first-order valence-corrected chi connectivity index (χ1v) is 10.8. The fourth-order valence-corrected chi connectivity index (χ4v) is 5.28. The van der Waals surface area contributed by atoms with Crippen LogP contribution in [0.1, 0.15) is 16.7 Å². The van der Waals surface area contributed by atoms with Crippen LogP contribution in [0.4, 0.5) is 0 Å². The van der Waals surface area contributed by atoms with E-state index in [9.17, 15) is 23.2 Å². The highest BCUT2D eigenvalue weighted by atomic mass is 35.5. The minimum absolute atomic E-state index is 0.00871. The zero-order valence-electron chi connectivity index (χ0n) is 14.3. The zero-order valence-corrected chi connectivity index (χ0v) is 18.1. The molecule has 3 rings (SSSR count). The summed E-state index contributed by atoms with van der Waals surface area (Å²) in [4.78, 5) is 0. The van der Waals surface area contributed by atoms with Gasteiger partial charge in [0.1, 0.15) is 11.5 Å². The second-order valence-corrected chi connectivity index (χ2v) is 9.28. The van der Waals surface area contributed by atoms with E-state index in [-0.39, 0.29) is 31.8 Å². The van der Waals surface area contributed by atoms with Gasteiger partial charge in [-0.3, -0.25) is 4.55 Å². The zero-order chi connectivity index (χ0) is 21.6. The minimum Gasteiger partial charge on any atom is -0.508 e. The van der Waals surface area contributed by atoms with Crippen LogP contribution in [0.25, 0.3) is 0 Å². The molecule has 0 fully saturated rings. The molecule has 0 aromatic heterocycles. The number of halogens is 4. The van der Waals surface area contributed by atoms with Crippen LogP contribution >= 0.6 is 46.4 Å². The summed E-state index contributed by atoms with van der Waals surface area (Å²) < 4.78 is 33.9. The molecule has 1 atom stereocenters. The van der Waals surface area contributed by atoms with Crippen LogP contribution in [0.15, 0.2) is 54.6 Å². The molecular formula is C19H12Cl4O5S. The van der Waals surface area contributed by atoms with Crippen molar-refractivity contribution in [3.63, 3.8) is 0 Å². The van der Waals surface area contributed by atoms with E-state index in [2.05, 4.69) is 0 Å². The average Bonchev–Trinajstić information content (AvgIpc) is 2.63. The Morgan fingerprint density at radius 1 is 0.759 bits per heavy atom. The summed E-state index contributed by atoms with van der Waals surface area (Å²) >= 11 is 24.2. The second kappa shape index (κ2) is 7.87. The number of phenolic OH excluding ortho intramolecular Hbond substituents is 2. The number of aromatic hydroxyl groups is 2. The minimum atomic E-state index is -5.09. The summed E-state index contributed by atoms with van der Waals surface area (Å²) in [7, 11) is -5.09. The van der Waals surface area contributed by atoms with Gasteiger partial charge >= 0.3 is 0 Å². The van der Waals surface area contributed by atoms with E-state index in [4.69, 9.17) is 46.4 Å². The lowest BCUT2D eigenvalue weighted by Crippen LogP contribution is -2.38. The normalized spacial score (nSPS) is 13.8. The van der Waals surface area contributed by atoms with Crippen molar-refractivity contribution in [2.45, 2.75) is 4.75 Å². The molecule has 0 spiro atoms. The third-order valence-electron chi connectivity index (χ3n) is 4.41. The van der Waals surface area contributed by atoms with Crippen molar-refractivity contribution in [2.24, 2.45) is 0 Å². The summed E-state index contributed by atoms with van der Waals surface area (Å²) in [5.74, 6) is -1.11. The van der Waals surface area contributed by atoms with Crippen molar-refractivity contribution in [1.82, 2.24) is 0 Å². The molecule has 29 heavy (non-hydrogen) atoms. The first kappa shape index (κ1) is 22.0. The SMILES string of the molecule is O=S(=O)(O)C(c1ccc(Cl)cc1)(c1cc(O)c(Cl)cc1O)c1cccc(Cl)c1Cl. The Balaban J connectivity index is 2.61. The largest absolute Gasteiger partial charge is 0.508 e. The summed E-state index contributed by atoms with van der Waals surface area (Å²) in [6, 6.07) is 11.6. The van der Waals surface area contributed by atoms with E-state index in [0.29, 0.717) is 5.02 Å². The first-order chi connectivity index (χ1) is 13.5. The number of hydrogen-bond donors (Lipinski definition) is 3. The van der Waals surface area contributed by atoms with Gasteiger partial charge in [-0.05, 0) is 29.8 Å². The van der Waals surface area contributed by atoms with Crippen molar-refractivity contribution in [1.29, 1.82) is 0 Å². The Morgan fingerprint density at radius 3 is 1.97 bits per heavy atom. The average molecular weight is 494 g/mol. The van der Waals surface area contributed by atoms with Crippen molar-refractivity contribution >= 4 is 56.5 Å². The summed E-state index contributed by atoms with van der Waals surface area (Å²) in [5, 5.41) is 20.6. The van der Waals surface area contributed by atoms with Crippen LogP contribution in [-0.4, -0.2) is 23.2 Å². The van der Waals surface area contributed by atoms with Gasteiger partial charge in [0.05, 0.1) is 15.1 Å². The molecule has 0 aliphatic carbocycles. The molecule has 0 saturated carbocycles. The Kier molecular flexibility index (Phi) is 5.98. The number of hydrogen-bond acceptors (Lipinski definition) is 4. The molecule has 0 radical (unpaired) electrons. The first-order valence-electron chi connectivity index (χ1n) is 7.89. The van der Waals surface area contributed by atoms with Gasteiger partial charge in [-0.2, -0.15) is 8.42 Å². The van der Waals surface area contributed by atoms with Crippen LogP contribution in [0.5, 0.6) is 11.5 Å². The molecule has 152 valence electrons. The molecule has 0 bridgehead atoms. The highest BCUT2D eigenvalue weighted by molar-refractivity contribution is 7.87. The third-order valence-corrected chi connectivity index (χ3v) is 7.24. The Bertz CT molecular complexity index is 1200. The molecule has 3 aromatic rings. The van der Waals surface area contributed by atoms with Crippen molar-refractivity contribution in [3.05, 3.63) is 91.4 Å². The molecular weight excluding hydrogens is 482 g/mol. The Labute approximate surface area is 186 Å². The number of rotatable bonds is 4. The molecule has 0 saturated heterocycles. The smallest absolute Gasteiger partial charge is 0.283 e. The lowest BCUT2D eigenvalue weighted by Gasteiger charge is -2.34. The fourth-order valence-electron chi connectivity index (χ4n) is 3.18. The van der Waals surface area contributed by atoms with Gasteiger partial charge in [0.15, 0.2) is 4.75 Å². The van der Waals surface area contributed by atoms with Crippen LogP contribution < -0.4 is 0 Å². The number of phenols is 2. The Hall–Kier alpha value is -1.67. The molecule has 0 aliphatic rings. The Morgan fingerprint density at radius 2 is 1.38 bits per heavy atom. The van der Waals surface area contributed by atoms with Crippen LogP contribution in [0, 0.1) is 0 Å². The van der Waals surface area contributed by atoms with Crippen molar-refractivity contribution in [3.8, 4) is 11.5 Å². The molecule has 0 amide bonds. The topological polar surface area (TPSA) is 94.8 Å². The van der Waals surface area contributed by atoms with Gasteiger partial charge in [0.25, 0.3) is 10.1 Å². The van der Waals surface area contributed by atoms with Gasteiger partial charge in [-0.15, -0.1) is 0 Å². The fraction of sp³-hybridized carbons (Fsp3) is 0.0526. The summed E-state index contributed by atoms with van der Waals surface area (Å²) in [6.07, 6.45) is 0. The molecule has 5 nitrogen and oxygen atoms in total. The van der Waals surface area contributed by atoms with E-state index in [1.165, 1.54) is 42.5 Å². The monoisotopic (exact) mass is 492 g/mol. The van der Waals surface area contributed by atoms with Crippen molar-refractivity contribution in [2.75, 3.05) is 0 Å². The molecule has 0 heterocycles. The van der Waals surface area contributed by atoms with E-state index in [0.717, 1.165) is 12.1 Å². The second-order valence-electron chi connectivity index (χ2n) is 6.09. The standard InChI is InChI=1S/C19H12Cl4O5S/c20-11-6-4-10(5-7-11)19(29(26,27)28,12-2-1-3-14(21)18(12)23)13-8-17(25)15(22)9-16(13)24/h1-9,24-25H,(H,26,27,28). The van der Waals surface area contributed by atoms with E-state index < -0.39 is 26.4 Å². The van der Waals surface area contributed by atoms with Crippen LogP contribution in [0.2, 0.25) is 20.1 Å².